The Balaban J connectivity index is 0.000000668. The van der Waals surface area contributed by atoms with Crippen LogP contribution in [-0.4, -0.2) is 82.8 Å². The van der Waals surface area contributed by atoms with Gasteiger partial charge in [-0.2, -0.15) is 0 Å². The number of aryl methyl sites for hydroxylation is 1. The van der Waals surface area contributed by atoms with Gasteiger partial charge < -0.3 is 34.3 Å². The summed E-state index contributed by atoms with van der Waals surface area (Å²) in [6.45, 7) is 11.3. The van der Waals surface area contributed by atoms with Crippen LogP contribution in [0.15, 0.2) is 96.4 Å². The maximum absolute atomic E-state index is 13.6. The van der Waals surface area contributed by atoms with Gasteiger partial charge in [0.1, 0.15) is 11.4 Å². The lowest BCUT2D eigenvalue weighted by molar-refractivity contribution is -0.188. The van der Waals surface area contributed by atoms with Gasteiger partial charge in [0.05, 0.1) is 17.5 Å². The van der Waals surface area contributed by atoms with Crippen LogP contribution in [0.25, 0.3) is 10.1 Å². The molecule has 3 heterocycles. The van der Waals surface area contributed by atoms with Crippen molar-refractivity contribution in [3.8, 4) is 5.75 Å². The van der Waals surface area contributed by atoms with Crippen molar-refractivity contribution in [2.75, 3.05) is 24.4 Å². The summed E-state index contributed by atoms with van der Waals surface area (Å²) in [4.78, 5) is 55.7. The number of benzene rings is 4. The van der Waals surface area contributed by atoms with Crippen molar-refractivity contribution in [2.24, 2.45) is 0 Å². The lowest BCUT2D eigenvalue weighted by Gasteiger charge is -2.37. The molecule has 1 amide bonds. The number of thiophene rings is 1. The molecule has 3 N–H and O–H groups in total. The van der Waals surface area contributed by atoms with Crippen molar-refractivity contribution in [2.45, 2.75) is 97.1 Å². The highest BCUT2D eigenvalue weighted by molar-refractivity contribution is 7.17. The lowest BCUT2D eigenvalue weighted by atomic mass is 9.77. The van der Waals surface area contributed by atoms with Crippen molar-refractivity contribution in [1.82, 2.24) is 0 Å². The second kappa shape index (κ2) is 23.1. The zero-order valence-corrected chi connectivity index (χ0v) is 38.8. The number of esters is 1. The first kappa shape index (κ1) is 50.7. The molecule has 13 nitrogen and oxygen atoms in total. The molecular formula is C49H56ClNO12S. The molecule has 342 valence electrons. The number of aliphatic carboxylic acids is 3. The Bertz CT molecular complexity index is 2300. The Morgan fingerprint density at radius 1 is 0.844 bits per heavy atom. The third-order valence-corrected chi connectivity index (χ3v) is 11.4. The molecule has 1 unspecified atom stereocenters. The summed E-state index contributed by atoms with van der Waals surface area (Å²) in [6, 6.07) is 31.1. The van der Waals surface area contributed by atoms with Gasteiger partial charge in [0.25, 0.3) is 17.9 Å². The van der Waals surface area contributed by atoms with Crippen LogP contribution in [0.4, 0.5) is 10.5 Å². The summed E-state index contributed by atoms with van der Waals surface area (Å²) in [5.41, 5.74) is 6.67. The number of carboxylic acid groups (broad SMARTS) is 3. The zero-order chi connectivity index (χ0) is 47.3. The van der Waals surface area contributed by atoms with Gasteiger partial charge >= 0.3 is 12.1 Å². The molecule has 1 aromatic heterocycles. The molecular weight excluding hydrogens is 862 g/mol. The van der Waals surface area contributed by atoms with Gasteiger partial charge in [-0.3, -0.25) is 19.3 Å². The van der Waals surface area contributed by atoms with E-state index in [1.165, 1.54) is 7.11 Å². The molecule has 0 spiro atoms. The number of amides is 1. The maximum Gasteiger partial charge on any atom is 0.414 e. The van der Waals surface area contributed by atoms with Gasteiger partial charge in [0, 0.05) is 68.8 Å². The molecule has 0 bridgehead atoms. The van der Waals surface area contributed by atoms with E-state index in [0.717, 1.165) is 69.9 Å². The molecule has 0 saturated carbocycles. The zero-order valence-electron chi connectivity index (χ0n) is 37.2. The Morgan fingerprint density at radius 3 is 1.89 bits per heavy atom. The fraction of sp³-hybridized carbons (Fsp3) is 0.367. The number of rotatable bonds is 8. The smallest absolute Gasteiger partial charge is 0.414 e. The molecule has 15 heteroatoms. The standard InChI is InChI=1S/C43H44ClNO6S.3C2H4O2/c1-26-25-52-40-34(22-33-38(36(26)40)29(23-44)24-45(33)42(47)51-43(2,3)4)49-35-21-20-32(39(50-35)41(46)48-5)30-18-12-13-19-31(30)37(27-14-8-6-9-15-27)28-16-10-7-11-17-28;3*1-2(3)4/h6-19,22,25,29,32,35,37,39H,20-21,23-24H2,1-5H3;3*1H3,(H,3,4)/t29?,32-,35+,39-;;;/m0.../s1. The number of ether oxygens (including phenoxy) is 4. The molecule has 0 aliphatic carbocycles. The van der Waals surface area contributed by atoms with Crippen molar-refractivity contribution in [3.05, 3.63) is 130 Å². The van der Waals surface area contributed by atoms with Crippen LogP contribution in [0.1, 0.15) is 106 Å². The SMILES string of the molecule is CC(=O)O.CC(=O)O.CC(=O)O.COC(=O)[C@H]1O[C@@H](Oc2cc3c(c4c(C)csc24)C(CCl)CN3C(=O)OC(C)(C)C)CC[C@H]1c1ccccc1C(c1ccccc1)c1ccccc1. The van der Waals surface area contributed by atoms with Crippen LogP contribution in [0.2, 0.25) is 0 Å². The number of hydrogen-bond donors (Lipinski definition) is 3. The van der Waals surface area contributed by atoms with Crippen LogP contribution in [0, 0.1) is 6.92 Å². The quantitative estimate of drug-likeness (QED) is 0.0761. The van der Waals surface area contributed by atoms with E-state index in [2.05, 4.69) is 79.0 Å². The number of anilines is 1. The molecule has 1 fully saturated rings. The second-order valence-electron chi connectivity index (χ2n) is 16.1. The Hall–Kier alpha value is -5.96. The van der Waals surface area contributed by atoms with Crippen LogP contribution >= 0.6 is 22.9 Å². The van der Waals surface area contributed by atoms with Gasteiger partial charge in [-0.15, -0.1) is 22.9 Å². The molecule has 1 saturated heterocycles. The summed E-state index contributed by atoms with van der Waals surface area (Å²) in [5.74, 6) is -2.36. The number of alkyl halides is 1. The van der Waals surface area contributed by atoms with Crippen LogP contribution in [0.5, 0.6) is 5.75 Å². The van der Waals surface area contributed by atoms with Gasteiger partial charge in [-0.1, -0.05) is 84.9 Å². The third kappa shape index (κ3) is 13.5. The highest BCUT2D eigenvalue weighted by atomic mass is 35.5. The first-order valence-corrected chi connectivity index (χ1v) is 22.0. The highest BCUT2D eigenvalue weighted by Crippen LogP contribution is 2.50. The van der Waals surface area contributed by atoms with Gasteiger partial charge in [-0.05, 0) is 72.9 Å². The summed E-state index contributed by atoms with van der Waals surface area (Å²) in [6.07, 6.45) is -0.878. The second-order valence-corrected chi connectivity index (χ2v) is 17.3. The molecule has 4 aromatic carbocycles. The van der Waals surface area contributed by atoms with Crippen molar-refractivity contribution in [3.63, 3.8) is 0 Å². The van der Waals surface area contributed by atoms with Crippen LogP contribution in [0.3, 0.4) is 0 Å². The van der Waals surface area contributed by atoms with E-state index >= 15 is 0 Å². The van der Waals surface area contributed by atoms with E-state index in [1.54, 1.807) is 16.2 Å². The minimum Gasteiger partial charge on any atom is -0.481 e. The van der Waals surface area contributed by atoms with E-state index < -0.39 is 48.0 Å². The fourth-order valence-electron chi connectivity index (χ4n) is 7.74. The summed E-state index contributed by atoms with van der Waals surface area (Å²) in [7, 11) is 1.40. The molecule has 64 heavy (non-hydrogen) atoms. The van der Waals surface area contributed by atoms with Crippen molar-refractivity contribution in [1.29, 1.82) is 0 Å². The van der Waals surface area contributed by atoms with E-state index in [1.807, 2.05) is 45.0 Å². The minimum atomic E-state index is -0.897. The Labute approximate surface area is 382 Å². The monoisotopic (exact) mass is 917 g/mol. The predicted molar refractivity (Wildman–Crippen MR) is 247 cm³/mol. The largest absolute Gasteiger partial charge is 0.481 e. The first-order valence-electron chi connectivity index (χ1n) is 20.6. The molecule has 7 rings (SSSR count). The summed E-state index contributed by atoms with van der Waals surface area (Å²) < 4.78 is 25.4. The predicted octanol–water partition coefficient (Wildman–Crippen LogP) is 10.6. The number of methoxy groups -OCH3 is 1. The van der Waals surface area contributed by atoms with Gasteiger partial charge in [0.2, 0.25) is 6.29 Å². The van der Waals surface area contributed by atoms with E-state index in [9.17, 15) is 9.59 Å². The fourth-order valence-corrected chi connectivity index (χ4v) is 9.01. The van der Waals surface area contributed by atoms with Crippen LogP contribution in [-0.2, 0) is 33.4 Å². The molecule has 5 aromatic rings. The third-order valence-electron chi connectivity index (χ3n) is 9.96. The molecule has 2 aliphatic rings. The van der Waals surface area contributed by atoms with E-state index in [-0.39, 0.29) is 17.8 Å². The minimum absolute atomic E-state index is 0.0441. The molecule has 4 atom stereocenters. The number of carbonyl (C=O) groups excluding carboxylic acids is 2. The summed E-state index contributed by atoms with van der Waals surface area (Å²) in [5, 5.41) is 25.4. The Morgan fingerprint density at radius 2 is 1.38 bits per heavy atom. The maximum atomic E-state index is 13.6. The lowest BCUT2D eigenvalue weighted by Crippen LogP contribution is -2.42. The van der Waals surface area contributed by atoms with Gasteiger partial charge in [0.15, 0.2) is 6.10 Å². The molecule has 0 radical (unpaired) electrons. The van der Waals surface area contributed by atoms with E-state index in [4.69, 9.17) is 60.3 Å². The Kier molecular flexibility index (Phi) is 18.3. The topological polar surface area (TPSA) is 186 Å². The number of halogens is 1. The van der Waals surface area contributed by atoms with Crippen molar-refractivity contribution < 1.29 is 58.2 Å². The number of carboxylic acids is 3. The number of nitrogens with zero attached hydrogens (tertiary/aromatic N) is 1. The number of fused-ring (bicyclic) bond motifs is 3. The van der Waals surface area contributed by atoms with Gasteiger partial charge in [-0.25, -0.2) is 9.59 Å². The van der Waals surface area contributed by atoms with Crippen LogP contribution < -0.4 is 9.64 Å². The number of hydrogen-bond acceptors (Lipinski definition) is 10. The first-order chi connectivity index (χ1) is 30.3. The summed E-state index contributed by atoms with van der Waals surface area (Å²) >= 11 is 8.09. The van der Waals surface area contributed by atoms with Crippen molar-refractivity contribution >= 4 is 68.7 Å². The average molecular weight is 919 g/mol. The number of carbonyl (C=O) groups is 5. The average Bonchev–Trinajstić information content (AvgIpc) is 3.80. The molecule has 2 aliphatic heterocycles. The van der Waals surface area contributed by atoms with E-state index in [0.29, 0.717) is 31.0 Å². The normalized spacial score (nSPS) is 17.6. The highest BCUT2D eigenvalue weighted by Gasteiger charge is 2.42.